The quantitative estimate of drug-likeness (QED) is 0.144. The maximum absolute atomic E-state index is 14.2. The van der Waals surface area contributed by atoms with E-state index >= 15 is 0 Å². The topological polar surface area (TPSA) is 71.1 Å². The summed E-state index contributed by atoms with van der Waals surface area (Å²) in [5.41, 5.74) is 15.8. The second kappa shape index (κ2) is 15.2. The minimum atomic E-state index is -0.567. The van der Waals surface area contributed by atoms with Gasteiger partial charge in [0.1, 0.15) is 11.5 Å². The Morgan fingerprint density at radius 3 is 1.03 bits per heavy atom. The highest BCUT2D eigenvalue weighted by atomic mass is 16.5. The smallest absolute Gasteiger partial charge is 0.339 e. The molecule has 0 saturated heterocycles. The first-order valence-corrected chi connectivity index (χ1v) is 19.6. The minimum Gasteiger partial charge on any atom is -0.495 e. The Morgan fingerprint density at radius 1 is 0.397 bits per heavy atom. The summed E-state index contributed by atoms with van der Waals surface area (Å²) in [6.07, 6.45) is 2.22. The highest BCUT2D eigenvalue weighted by Gasteiger charge is 2.40. The molecule has 0 heterocycles. The minimum absolute atomic E-state index is 0.261. The highest BCUT2D eigenvalue weighted by Crippen LogP contribution is 2.58. The van der Waals surface area contributed by atoms with Gasteiger partial charge in [0.25, 0.3) is 0 Å². The van der Waals surface area contributed by atoms with Crippen LogP contribution in [-0.4, -0.2) is 40.4 Å². The van der Waals surface area contributed by atoms with Crippen LogP contribution >= 0.6 is 0 Å². The maximum Gasteiger partial charge on any atom is 0.339 e. The summed E-state index contributed by atoms with van der Waals surface area (Å²) in [5.74, 6) is 0.322. The fraction of sp³-hybridized carbons (Fsp3) is 0.154. The molecule has 0 bridgehead atoms. The molecule has 286 valence electrons. The number of rotatable bonds is 8. The standard InChI is InChI=1S/C52H42O6/c1-55-49-39(31-17-9-5-10-18-31)29-35-25-27-37-45(41(35)43(49)33-21-13-7-14-22-33)46-38(48(52(54)58-4)47(37)51(53)57-3)28-26-36-30-40(32-19-11-6-12-20-32)50(56-2)44(42(36)46)34-23-15-8-16-24-34/h5-24,29-30H,25-28H2,1-4H3. The van der Waals surface area contributed by atoms with Crippen LogP contribution in [0.2, 0.25) is 0 Å². The van der Waals surface area contributed by atoms with Crippen molar-refractivity contribution in [2.75, 3.05) is 28.4 Å². The molecule has 0 N–H and O–H groups in total. The fourth-order valence-electron chi connectivity index (χ4n) is 9.33. The number of carbonyl (C=O) groups excluding carboxylic acids is 2. The first-order valence-electron chi connectivity index (χ1n) is 19.6. The van der Waals surface area contributed by atoms with Gasteiger partial charge in [0.2, 0.25) is 0 Å². The van der Waals surface area contributed by atoms with Gasteiger partial charge in [-0.05, 0) is 105 Å². The maximum atomic E-state index is 14.2. The summed E-state index contributed by atoms with van der Waals surface area (Å²) in [6, 6.07) is 45.7. The van der Waals surface area contributed by atoms with Gasteiger partial charge >= 0.3 is 11.9 Å². The van der Waals surface area contributed by atoms with E-state index in [2.05, 4.69) is 60.7 Å². The summed E-state index contributed by atoms with van der Waals surface area (Å²) in [4.78, 5) is 28.4. The van der Waals surface area contributed by atoms with Crippen LogP contribution in [0.5, 0.6) is 11.5 Å². The van der Waals surface area contributed by atoms with Crippen LogP contribution in [-0.2, 0) is 35.2 Å². The molecule has 0 radical (unpaired) electrons. The zero-order chi connectivity index (χ0) is 39.9. The number of aryl methyl sites for hydroxylation is 2. The van der Waals surface area contributed by atoms with E-state index in [9.17, 15) is 9.59 Å². The number of hydrogen-bond donors (Lipinski definition) is 0. The molecule has 0 saturated carbocycles. The summed E-state index contributed by atoms with van der Waals surface area (Å²) in [6.45, 7) is 0. The molecule has 58 heavy (non-hydrogen) atoms. The van der Waals surface area contributed by atoms with Crippen molar-refractivity contribution >= 4 is 11.9 Å². The van der Waals surface area contributed by atoms with Crippen LogP contribution in [0.1, 0.15) is 43.0 Å². The van der Waals surface area contributed by atoms with Crippen LogP contribution in [0.15, 0.2) is 133 Å². The summed E-state index contributed by atoms with van der Waals surface area (Å²) >= 11 is 0. The highest BCUT2D eigenvalue weighted by molar-refractivity contribution is 6.14. The number of carbonyl (C=O) groups is 2. The van der Waals surface area contributed by atoms with Gasteiger partial charge in [-0.2, -0.15) is 0 Å². The van der Waals surface area contributed by atoms with Gasteiger partial charge < -0.3 is 18.9 Å². The second-order valence-corrected chi connectivity index (χ2v) is 14.6. The van der Waals surface area contributed by atoms with E-state index in [0.29, 0.717) is 25.7 Å². The van der Waals surface area contributed by atoms with Gasteiger partial charge in [-0.3, -0.25) is 0 Å². The van der Waals surface area contributed by atoms with Gasteiger partial charge in [-0.25, -0.2) is 9.59 Å². The van der Waals surface area contributed by atoms with Crippen molar-refractivity contribution in [2.45, 2.75) is 25.7 Å². The molecular weight excluding hydrogens is 721 g/mol. The predicted molar refractivity (Wildman–Crippen MR) is 230 cm³/mol. The molecule has 2 aliphatic carbocycles. The van der Waals surface area contributed by atoms with E-state index in [4.69, 9.17) is 18.9 Å². The first kappa shape index (κ1) is 36.7. The van der Waals surface area contributed by atoms with E-state index in [1.807, 2.05) is 72.8 Å². The van der Waals surface area contributed by atoms with Crippen molar-refractivity contribution in [3.8, 4) is 78.3 Å². The molecule has 0 amide bonds. The molecule has 0 aromatic heterocycles. The van der Waals surface area contributed by atoms with Crippen LogP contribution in [0.4, 0.5) is 0 Å². The fourth-order valence-corrected chi connectivity index (χ4v) is 9.33. The van der Waals surface area contributed by atoms with Crippen LogP contribution < -0.4 is 9.47 Å². The molecule has 7 aromatic rings. The lowest BCUT2D eigenvalue weighted by atomic mass is 9.68. The van der Waals surface area contributed by atoms with E-state index in [1.165, 1.54) is 14.2 Å². The SMILES string of the molecule is COC(=O)c1c2c(c3c(c1C(=O)OC)CCc1cc(-c4ccccc4)c(OC)c(-c4ccccc4)c1-3)-c1c(cc(-c3ccccc3)c(OC)c1-c1ccccc1)CC2. The van der Waals surface area contributed by atoms with Gasteiger partial charge in [0, 0.05) is 22.3 Å². The van der Waals surface area contributed by atoms with Gasteiger partial charge in [-0.15, -0.1) is 0 Å². The number of esters is 2. The largest absolute Gasteiger partial charge is 0.495 e. The average Bonchev–Trinajstić information content (AvgIpc) is 3.29. The van der Waals surface area contributed by atoms with Crippen LogP contribution in [0.3, 0.4) is 0 Å². The molecular formula is C52H42O6. The lowest BCUT2D eigenvalue weighted by Crippen LogP contribution is -2.24. The number of hydrogen-bond acceptors (Lipinski definition) is 6. The zero-order valence-electron chi connectivity index (χ0n) is 33.0. The average molecular weight is 763 g/mol. The first-order chi connectivity index (χ1) is 28.5. The normalized spacial score (nSPS) is 12.3. The van der Waals surface area contributed by atoms with Crippen molar-refractivity contribution in [3.05, 3.63) is 167 Å². The molecule has 0 atom stereocenters. The Bertz CT molecular complexity index is 2530. The van der Waals surface area contributed by atoms with Gasteiger partial charge in [0.15, 0.2) is 0 Å². The van der Waals surface area contributed by atoms with Gasteiger partial charge in [0.05, 0.1) is 39.6 Å². The Balaban J connectivity index is 1.52. The lowest BCUT2D eigenvalue weighted by Gasteiger charge is -2.35. The summed E-state index contributed by atoms with van der Waals surface area (Å²) in [7, 11) is 6.18. The second-order valence-electron chi connectivity index (χ2n) is 14.6. The molecule has 0 unspecified atom stereocenters. The van der Waals surface area contributed by atoms with Crippen LogP contribution in [0, 0.1) is 0 Å². The molecule has 0 spiro atoms. The van der Waals surface area contributed by atoms with E-state index < -0.39 is 11.9 Å². The molecule has 7 aromatic carbocycles. The molecule has 6 nitrogen and oxygen atoms in total. The third kappa shape index (κ3) is 5.87. The molecule has 2 aliphatic rings. The Morgan fingerprint density at radius 2 is 0.724 bits per heavy atom. The summed E-state index contributed by atoms with van der Waals surface area (Å²) in [5, 5.41) is 0. The number of fused-ring (bicyclic) bond motifs is 7. The Hall–Kier alpha value is -6.92. The molecule has 0 aliphatic heterocycles. The van der Waals surface area contributed by atoms with Crippen molar-refractivity contribution in [2.24, 2.45) is 0 Å². The number of benzene rings is 7. The van der Waals surface area contributed by atoms with E-state index in [0.717, 1.165) is 101 Å². The van der Waals surface area contributed by atoms with Crippen molar-refractivity contribution in [3.63, 3.8) is 0 Å². The lowest BCUT2D eigenvalue weighted by molar-refractivity contribution is 0.0553. The third-order valence-corrected chi connectivity index (χ3v) is 11.7. The Labute approximate surface area is 338 Å². The number of methoxy groups -OCH3 is 4. The summed E-state index contributed by atoms with van der Waals surface area (Å²) < 4.78 is 24.0. The third-order valence-electron chi connectivity index (χ3n) is 11.7. The van der Waals surface area contributed by atoms with Gasteiger partial charge in [-0.1, -0.05) is 121 Å². The number of ether oxygens (including phenoxy) is 4. The zero-order valence-corrected chi connectivity index (χ0v) is 33.0. The van der Waals surface area contributed by atoms with Crippen molar-refractivity contribution in [1.29, 1.82) is 0 Å². The van der Waals surface area contributed by atoms with Crippen LogP contribution in [0.25, 0.3) is 66.8 Å². The van der Waals surface area contributed by atoms with E-state index in [1.54, 1.807) is 14.2 Å². The Kier molecular flexibility index (Phi) is 9.62. The van der Waals surface area contributed by atoms with E-state index in [-0.39, 0.29) is 11.1 Å². The van der Waals surface area contributed by atoms with Crippen molar-refractivity contribution < 1.29 is 28.5 Å². The monoisotopic (exact) mass is 762 g/mol. The molecule has 6 heteroatoms. The van der Waals surface area contributed by atoms with Crippen molar-refractivity contribution in [1.82, 2.24) is 0 Å². The molecule has 9 rings (SSSR count). The predicted octanol–water partition coefficient (Wildman–Crippen LogP) is 11.5. The molecule has 0 fully saturated rings.